The van der Waals surface area contributed by atoms with Crippen LogP contribution in [0.4, 0.5) is 0 Å². The zero-order valence-corrected chi connectivity index (χ0v) is 13.4. The molecule has 0 spiro atoms. The van der Waals surface area contributed by atoms with Crippen LogP contribution in [-0.4, -0.2) is 29.0 Å². The van der Waals surface area contributed by atoms with Gasteiger partial charge in [-0.3, -0.25) is 4.99 Å². The Kier molecular flexibility index (Phi) is 5.75. The third-order valence-electron chi connectivity index (χ3n) is 4.21. The van der Waals surface area contributed by atoms with Gasteiger partial charge >= 0.3 is 0 Å². The molecule has 0 aromatic rings. The van der Waals surface area contributed by atoms with Gasteiger partial charge in [-0.1, -0.05) is 12.5 Å². The second kappa shape index (κ2) is 6.67. The fourth-order valence-electron chi connectivity index (χ4n) is 2.56. The zero-order chi connectivity index (χ0) is 14.6. The van der Waals surface area contributed by atoms with E-state index in [1.54, 1.807) is 0 Å². The lowest BCUT2D eigenvalue weighted by Gasteiger charge is -2.29. The summed E-state index contributed by atoms with van der Waals surface area (Å²) in [6.45, 7) is 13.2. The minimum atomic E-state index is -0.824. The van der Waals surface area contributed by atoms with Crippen LogP contribution in [0.1, 0.15) is 60.8 Å². The van der Waals surface area contributed by atoms with Gasteiger partial charge < -0.3 is 10.4 Å². The standard InChI is InChI=1S/C16H30N2O/c1-7-16(6,19)15(11(2)3)18-13(5)14-9-8-12(4)17-10-14/h12,14,17,19H,7-10H2,1-6H3/b18-13+/t12-,14-,16+/m1/s1. The first kappa shape index (κ1) is 16.4. The summed E-state index contributed by atoms with van der Waals surface area (Å²) in [4.78, 5) is 4.77. The molecule has 0 aromatic heterocycles. The van der Waals surface area contributed by atoms with Gasteiger partial charge in [0.05, 0.1) is 5.70 Å². The molecule has 19 heavy (non-hydrogen) atoms. The van der Waals surface area contributed by atoms with E-state index in [-0.39, 0.29) is 0 Å². The minimum absolute atomic E-state index is 0.498. The SMILES string of the molecule is CC[C@](C)(O)C(/N=C(\C)[C@@H]1CC[C@@H](C)NC1)=C(C)C. The molecule has 1 fully saturated rings. The highest BCUT2D eigenvalue weighted by Gasteiger charge is 2.26. The Bertz CT molecular complexity index is 357. The van der Waals surface area contributed by atoms with Crippen molar-refractivity contribution in [1.82, 2.24) is 5.32 Å². The summed E-state index contributed by atoms with van der Waals surface area (Å²) in [7, 11) is 0. The van der Waals surface area contributed by atoms with Crippen LogP contribution >= 0.6 is 0 Å². The molecule has 0 aromatic carbocycles. The highest BCUT2D eigenvalue weighted by Crippen LogP contribution is 2.26. The van der Waals surface area contributed by atoms with E-state index < -0.39 is 5.60 Å². The fourth-order valence-corrected chi connectivity index (χ4v) is 2.56. The fraction of sp³-hybridized carbons (Fsp3) is 0.812. The van der Waals surface area contributed by atoms with Gasteiger partial charge in [-0.25, -0.2) is 0 Å². The first-order valence-electron chi connectivity index (χ1n) is 7.46. The summed E-state index contributed by atoms with van der Waals surface area (Å²) in [6.07, 6.45) is 3.07. The molecule has 1 aliphatic rings. The molecule has 2 N–H and O–H groups in total. The average molecular weight is 266 g/mol. The van der Waals surface area contributed by atoms with Crippen molar-refractivity contribution in [1.29, 1.82) is 0 Å². The lowest BCUT2D eigenvalue weighted by atomic mass is 9.91. The van der Waals surface area contributed by atoms with E-state index in [1.807, 2.05) is 27.7 Å². The van der Waals surface area contributed by atoms with Gasteiger partial charge in [-0.2, -0.15) is 0 Å². The quantitative estimate of drug-likeness (QED) is 0.767. The third kappa shape index (κ3) is 4.43. The smallest absolute Gasteiger partial charge is 0.103 e. The van der Waals surface area contributed by atoms with Crippen molar-refractivity contribution in [3.8, 4) is 0 Å². The molecule has 1 heterocycles. The normalized spacial score (nSPS) is 27.8. The van der Waals surface area contributed by atoms with Crippen molar-refractivity contribution in [3.63, 3.8) is 0 Å². The van der Waals surface area contributed by atoms with Crippen molar-refractivity contribution in [3.05, 3.63) is 11.3 Å². The number of nitrogens with one attached hydrogen (secondary N) is 1. The summed E-state index contributed by atoms with van der Waals surface area (Å²) in [5.74, 6) is 0.498. The summed E-state index contributed by atoms with van der Waals surface area (Å²) in [6, 6.07) is 0.616. The topological polar surface area (TPSA) is 44.6 Å². The predicted octanol–water partition coefficient (Wildman–Crippen LogP) is 3.29. The van der Waals surface area contributed by atoms with Gasteiger partial charge in [0.1, 0.15) is 5.60 Å². The van der Waals surface area contributed by atoms with Crippen molar-refractivity contribution in [2.45, 2.75) is 72.4 Å². The molecule has 1 saturated heterocycles. The van der Waals surface area contributed by atoms with Gasteiger partial charge in [-0.15, -0.1) is 0 Å². The number of aliphatic hydroxyl groups is 1. The van der Waals surface area contributed by atoms with Crippen LogP contribution < -0.4 is 5.32 Å². The van der Waals surface area contributed by atoms with Gasteiger partial charge in [-0.05, 0) is 53.9 Å². The third-order valence-corrected chi connectivity index (χ3v) is 4.21. The summed E-state index contributed by atoms with van der Waals surface area (Å²) in [5.41, 5.74) is 2.26. The number of nitrogens with zero attached hydrogens (tertiary/aromatic N) is 1. The molecular weight excluding hydrogens is 236 g/mol. The van der Waals surface area contributed by atoms with Crippen LogP contribution in [0.15, 0.2) is 16.3 Å². The Labute approximate surface area is 118 Å². The van der Waals surface area contributed by atoms with Gasteiger partial charge in [0, 0.05) is 24.2 Å². The van der Waals surface area contributed by atoms with Crippen molar-refractivity contribution in [2.75, 3.05) is 6.54 Å². The Balaban J connectivity index is 2.89. The molecule has 1 aliphatic heterocycles. The first-order chi connectivity index (χ1) is 8.77. The molecule has 3 nitrogen and oxygen atoms in total. The molecule has 0 amide bonds. The number of hydrogen-bond acceptors (Lipinski definition) is 3. The molecule has 0 radical (unpaired) electrons. The van der Waals surface area contributed by atoms with Crippen LogP contribution in [0.5, 0.6) is 0 Å². The molecule has 0 saturated carbocycles. The Morgan fingerprint density at radius 2 is 1.95 bits per heavy atom. The molecule has 0 unspecified atom stereocenters. The minimum Gasteiger partial charge on any atom is -0.384 e. The second-order valence-electron chi connectivity index (χ2n) is 6.31. The number of aliphatic imine (C=N–C) groups is 1. The predicted molar refractivity (Wildman–Crippen MR) is 82.6 cm³/mol. The highest BCUT2D eigenvalue weighted by molar-refractivity contribution is 5.85. The number of piperidine rings is 1. The molecular formula is C16H30N2O. The van der Waals surface area contributed by atoms with E-state index in [1.165, 1.54) is 12.8 Å². The van der Waals surface area contributed by atoms with E-state index in [0.717, 1.165) is 23.5 Å². The Morgan fingerprint density at radius 1 is 1.32 bits per heavy atom. The molecule has 3 heteroatoms. The molecule has 3 atom stereocenters. The molecule has 0 bridgehead atoms. The van der Waals surface area contributed by atoms with Crippen LogP contribution in [0.3, 0.4) is 0 Å². The number of allylic oxidation sites excluding steroid dienone is 1. The number of rotatable bonds is 4. The monoisotopic (exact) mass is 266 g/mol. The van der Waals surface area contributed by atoms with E-state index >= 15 is 0 Å². The Morgan fingerprint density at radius 3 is 2.37 bits per heavy atom. The van der Waals surface area contributed by atoms with Crippen LogP contribution in [0.25, 0.3) is 0 Å². The second-order valence-corrected chi connectivity index (χ2v) is 6.31. The van der Waals surface area contributed by atoms with Gasteiger partial charge in [0.2, 0.25) is 0 Å². The molecule has 0 aliphatic carbocycles. The summed E-state index contributed by atoms with van der Waals surface area (Å²) in [5, 5.41) is 14.0. The van der Waals surface area contributed by atoms with Crippen LogP contribution in [-0.2, 0) is 0 Å². The van der Waals surface area contributed by atoms with E-state index in [0.29, 0.717) is 18.4 Å². The maximum absolute atomic E-state index is 10.5. The highest BCUT2D eigenvalue weighted by atomic mass is 16.3. The average Bonchev–Trinajstić information content (AvgIpc) is 2.35. The summed E-state index contributed by atoms with van der Waals surface area (Å²) >= 11 is 0. The Hall–Kier alpha value is -0.670. The molecule has 1 rings (SSSR count). The van der Waals surface area contributed by atoms with Gasteiger partial charge in [0.15, 0.2) is 0 Å². The maximum Gasteiger partial charge on any atom is 0.103 e. The van der Waals surface area contributed by atoms with Crippen molar-refractivity contribution >= 4 is 5.71 Å². The van der Waals surface area contributed by atoms with Crippen LogP contribution in [0, 0.1) is 5.92 Å². The lowest BCUT2D eigenvalue weighted by Crippen LogP contribution is -2.39. The van der Waals surface area contributed by atoms with E-state index in [9.17, 15) is 5.11 Å². The van der Waals surface area contributed by atoms with Crippen LogP contribution in [0.2, 0.25) is 0 Å². The number of hydrogen-bond donors (Lipinski definition) is 2. The van der Waals surface area contributed by atoms with Gasteiger partial charge in [0.25, 0.3) is 0 Å². The maximum atomic E-state index is 10.5. The van der Waals surface area contributed by atoms with E-state index in [4.69, 9.17) is 4.99 Å². The first-order valence-corrected chi connectivity index (χ1v) is 7.46. The van der Waals surface area contributed by atoms with Crippen molar-refractivity contribution < 1.29 is 5.11 Å². The largest absolute Gasteiger partial charge is 0.384 e. The van der Waals surface area contributed by atoms with E-state index in [2.05, 4.69) is 19.2 Å². The zero-order valence-electron chi connectivity index (χ0n) is 13.4. The lowest BCUT2D eigenvalue weighted by molar-refractivity contribution is 0.0920. The molecule has 110 valence electrons. The van der Waals surface area contributed by atoms with Crippen molar-refractivity contribution in [2.24, 2.45) is 10.9 Å². The summed E-state index contributed by atoms with van der Waals surface area (Å²) < 4.78 is 0.